The topological polar surface area (TPSA) is 20.3 Å². The van der Waals surface area contributed by atoms with Gasteiger partial charge in [-0.3, -0.25) is 4.79 Å². The second kappa shape index (κ2) is 6.55. The summed E-state index contributed by atoms with van der Waals surface area (Å²) in [6.07, 6.45) is 0. The van der Waals surface area contributed by atoms with Crippen molar-refractivity contribution in [2.45, 2.75) is 13.8 Å². The molecule has 20 heavy (non-hydrogen) atoms. The molecule has 0 saturated heterocycles. The van der Waals surface area contributed by atoms with E-state index in [1.54, 1.807) is 4.90 Å². The molecule has 4 heteroatoms. The lowest BCUT2D eigenvalue weighted by Gasteiger charge is -2.22. The molecule has 0 heterocycles. The average Bonchev–Trinajstić information content (AvgIpc) is 2.44. The molecule has 0 radical (unpaired) electrons. The van der Waals surface area contributed by atoms with Gasteiger partial charge in [-0.2, -0.15) is 0 Å². The van der Waals surface area contributed by atoms with Gasteiger partial charge in [0.2, 0.25) is 0 Å². The van der Waals surface area contributed by atoms with Crippen LogP contribution in [0.25, 0.3) is 0 Å². The van der Waals surface area contributed by atoms with Crippen LogP contribution in [0.4, 0.5) is 5.69 Å². The minimum absolute atomic E-state index is 0.00970. The highest BCUT2D eigenvalue weighted by molar-refractivity contribution is 9.11. The second-order valence-corrected chi connectivity index (χ2v) is 6.28. The first kappa shape index (κ1) is 15.3. The Morgan fingerprint density at radius 1 is 1.10 bits per heavy atom. The molecule has 0 atom stereocenters. The molecule has 0 N–H and O–H groups in total. The van der Waals surface area contributed by atoms with Gasteiger partial charge in [-0.05, 0) is 60.1 Å². The highest BCUT2D eigenvalue weighted by Gasteiger charge is 2.18. The van der Waals surface area contributed by atoms with E-state index in [1.807, 2.05) is 56.3 Å². The van der Waals surface area contributed by atoms with Crippen molar-refractivity contribution in [2.24, 2.45) is 0 Å². The summed E-state index contributed by atoms with van der Waals surface area (Å²) >= 11 is 6.85. The van der Waals surface area contributed by atoms with E-state index < -0.39 is 0 Å². The number of anilines is 1. The fourth-order valence-electron chi connectivity index (χ4n) is 1.97. The third-order valence-electron chi connectivity index (χ3n) is 3.07. The van der Waals surface area contributed by atoms with Gasteiger partial charge >= 0.3 is 0 Å². The van der Waals surface area contributed by atoms with E-state index in [0.717, 1.165) is 14.6 Å². The highest BCUT2D eigenvalue weighted by Crippen LogP contribution is 2.25. The molecule has 0 spiro atoms. The molecular weight excluding hydrogens is 382 g/mol. The molecule has 2 aromatic carbocycles. The Balaban J connectivity index is 2.38. The van der Waals surface area contributed by atoms with Crippen molar-refractivity contribution in [1.82, 2.24) is 0 Å². The van der Waals surface area contributed by atoms with E-state index >= 15 is 0 Å². The third kappa shape index (κ3) is 3.30. The maximum atomic E-state index is 12.7. The first-order valence-electron chi connectivity index (χ1n) is 6.36. The van der Waals surface area contributed by atoms with Crippen molar-refractivity contribution >= 4 is 43.5 Å². The Morgan fingerprint density at radius 2 is 1.75 bits per heavy atom. The number of amides is 1. The van der Waals surface area contributed by atoms with Crippen molar-refractivity contribution < 1.29 is 4.79 Å². The van der Waals surface area contributed by atoms with Gasteiger partial charge in [-0.15, -0.1) is 0 Å². The summed E-state index contributed by atoms with van der Waals surface area (Å²) in [5.74, 6) is -0.00970. The monoisotopic (exact) mass is 395 g/mol. The number of benzene rings is 2. The van der Waals surface area contributed by atoms with E-state index in [-0.39, 0.29) is 5.91 Å². The normalized spacial score (nSPS) is 10.4. The number of aryl methyl sites for hydroxylation is 1. The van der Waals surface area contributed by atoms with E-state index in [0.29, 0.717) is 12.1 Å². The van der Waals surface area contributed by atoms with Gasteiger partial charge in [0.15, 0.2) is 0 Å². The summed E-state index contributed by atoms with van der Waals surface area (Å²) in [5.41, 5.74) is 2.75. The molecule has 104 valence electrons. The van der Waals surface area contributed by atoms with Gasteiger partial charge in [0, 0.05) is 21.2 Å². The molecule has 0 saturated carbocycles. The van der Waals surface area contributed by atoms with E-state index in [4.69, 9.17) is 0 Å². The summed E-state index contributed by atoms with van der Waals surface area (Å²) in [6.45, 7) is 4.64. The molecule has 0 aliphatic carbocycles. The molecular formula is C16H15Br2NO. The van der Waals surface area contributed by atoms with Crippen LogP contribution in [0.15, 0.2) is 51.4 Å². The van der Waals surface area contributed by atoms with Crippen molar-refractivity contribution in [2.75, 3.05) is 11.4 Å². The van der Waals surface area contributed by atoms with Crippen LogP contribution in [0.2, 0.25) is 0 Å². The molecule has 0 unspecified atom stereocenters. The number of carbonyl (C=O) groups is 1. The molecule has 0 aliphatic rings. The number of rotatable bonds is 3. The van der Waals surface area contributed by atoms with Crippen molar-refractivity contribution in [3.05, 3.63) is 62.5 Å². The number of hydrogen-bond acceptors (Lipinski definition) is 1. The van der Waals surface area contributed by atoms with Crippen molar-refractivity contribution in [3.8, 4) is 0 Å². The highest BCUT2D eigenvalue weighted by atomic mass is 79.9. The summed E-state index contributed by atoms with van der Waals surface area (Å²) < 4.78 is 1.69. The van der Waals surface area contributed by atoms with Crippen LogP contribution in [-0.4, -0.2) is 12.5 Å². The molecule has 0 bridgehead atoms. The van der Waals surface area contributed by atoms with Crippen LogP contribution in [-0.2, 0) is 0 Å². The van der Waals surface area contributed by atoms with Crippen LogP contribution >= 0.6 is 31.9 Å². The van der Waals surface area contributed by atoms with Crippen LogP contribution in [0.5, 0.6) is 0 Å². The summed E-state index contributed by atoms with van der Waals surface area (Å²) in [7, 11) is 0. The van der Waals surface area contributed by atoms with Gasteiger partial charge in [0.25, 0.3) is 5.91 Å². The zero-order chi connectivity index (χ0) is 14.7. The van der Waals surface area contributed by atoms with Crippen LogP contribution < -0.4 is 4.90 Å². The number of nitrogens with zero attached hydrogens (tertiary/aromatic N) is 1. The number of halogens is 2. The first-order chi connectivity index (χ1) is 9.52. The Labute approximate surface area is 136 Å². The lowest BCUT2D eigenvalue weighted by molar-refractivity contribution is 0.0987. The molecule has 0 aromatic heterocycles. The van der Waals surface area contributed by atoms with Gasteiger partial charge < -0.3 is 4.90 Å². The summed E-state index contributed by atoms with van der Waals surface area (Å²) in [6, 6.07) is 13.6. The Bertz CT molecular complexity index is 623. The first-order valence-corrected chi connectivity index (χ1v) is 7.95. The van der Waals surface area contributed by atoms with Crippen molar-refractivity contribution in [3.63, 3.8) is 0 Å². The van der Waals surface area contributed by atoms with E-state index in [1.165, 1.54) is 5.56 Å². The predicted molar refractivity (Wildman–Crippen MR) is 90.4 cm³/mol. The third-order valence-corrected chi connectivity index (χ3v) is 4.25. The SMILES string of the molecule is CCN(C(=O)c1cc(Br)ccc1Br)c1ccc(C)cc1. The minimum atomic E-state index is -0.00970. The molecule has 0 aliphatic heterocycles. The lowest BCUT2D eigenvalue weighted by atomic mass is 10.1. The largest absolute Gasteiger partial charge is 0.309 e. The molecule has 2 aromatic rings. The van der Waals surface area contributed by atoms with Gasteiger partial charge in [-0.1, -0.05) is 33.6 Å². The Kier molecular flexibility index (Phi) is 5.00. The van der Waals surface area contributed by atoms with Gasteiger partial charge in [-0.25, -0.2) is 0 Å². The van der Waals surface area contributed by atoms with E-state index in [2.05, 4.69) is 31.9 Å². The number of carbonyl (C=O) groups excluding carboxylic acids is 1. The fraction of sp³-hybridized carbons (Fsp3) is 0.188. The fourth-order valence-corrected chi connectivity index (χ4v) is 2.75. The van der Waals surface area contributed by atoms with Gasteiger partial charge in [0.05, 0.1) is 5.56 Å². The van der Waals surface area contributed by atoms with Crippen molar-refractivity contribution in [1.29, 1.82) is 0 Å². The standard InChI is InChI=1S/C16H15Br2NO/c1-3-19(13-7-4-11(2)5-8-13)16(20)14-10-12(17)6-9-15(14)18/h4-10H,3H2,1-2H3. The molecule has 0 fully saturated rings. The lowest BCUT2D eigenvalue weighted by Crippen LogP contribution is -2.30. The maximum absolute atomic E-state index is 12.7. The van der Waals surface area contributed by atoms with Crippen LogP contribution in [0.3, 0.4) is 0 Å². The van der Waals surface area contributed by atoms with Crippen LogP contribution in [0.1, 0.15) is 22.8 Å². The van der Waals surface area contributed by atoms with Gasteiger partial charge in [0.1, 0.15) is 0 Å². The average molecular weight is 397 g/mol. The van der Waals surface area contributed by atoms with E-state index in [9.17, 15) is 4.79 Å². The zero-order valence-corrected chi connectivity index (χ0v) is 14.5. The predicted octanol–water partition coefficient (Wildman–Crippen LogP) is 5.19. The zero-order valence-electron chi connectivity index (χ0n) is 11.4. The Hall–Kier alpha value is -1.13. The quantitative estimate of drug-likeness (QED) is 0.699. The Morgan fingerprint density at radius 3 is 2.35 bits per heavy atom. The summed E-state index contributed by atoms with van der Waals surface area (Å²) in [4.78, 5) is 14.5. The second-order valence-electron chi connectivity index (χ2n) is 4.51. The summed E-state index contributed by atoms with van der Waals surface area (Å²) in [5, 5.41) is 0. The maximum Gasteiger partial charge on any atom is 0.259 e. The smallest absolute Gasteiger partial charge is 0.259 e. The van der Waals surface area contributed by atoms with Crippen LogP contribution in [0, 0.1) is 6.92 Å². The minimum Gasteiger partial charge on any atom is -0.309 e. The molecule has 2 nitrogen and oxygen atoms in total. The molecule has 2 rings (SSSR count). The molecule has 1 amide bonds. The number of hydrogen-bond donors (Lipinski definition) is 0.